The molecule has 0 fully saturated rings. The van der Waals surface area contributed by atoms with Crippen LogP contribution in [0.15, 0.2) is 47.3 Å². The fourth-order valence-corrected chi connectivity index (χ4v) is 2.41. The van der Waals surface area contributed by atoms with Crippen molar-refractivity contribution < 1.29 is 18.6 Å². The van der Waals surface area contributed by atoms with E-state index < -0.39 is 0 Å². The van der Waals surface area contributed by atoms with Crippen molar-refractivity contribution in [2.24, 2.45) is 0 Å². The Morgan fingerprint density at radius 3 is 2.40 bits per heavy atom. The quantitative estimate of drug-likeness (QED) is 0.706. The Morgan fingerprint density at radius 1 is 1.04 bits per heavy atom. The number of hydrogen-bond donors (Lipinski definition) is 1. The van der Waals surface area contributed by atoms with E-state index in [4.69, 9.17) is 18.6 Å². The molecule has 2 aromatic heterocycles. The first-order valence-corrected chi connectivity index (χ1v) is 7.64. The second kappa shape index (κ2) is 7.57. The minimum atomic E-state index is 0.528. The molecule has 1 aromatic carbocycles. The van der Waals surface area contributed by atoms with Crippen LogP contribution in [0.5, 0.6) is 17.2 Å². The number of hydrogen-bond acceptors (Lipinski definition) is 7. The molecular weight excluding hydrogens is 322 g/mol. The van der Waals surface area contributed by atoms with Crippen LogP contribution in [-0.2, 0) is 6.54 Å². The summed E-state index contributed by atoms with van der Waals surface area (Å²) in [4.78, 5) is 8.83. The molecule has 7 heteroatoms. The summed E-state index contributed by atoms with van der Waals surface area (Å²) in [5.41, 5.74) is 1.49. The maximum Gasteiger partial charge on any atom is 0.203 e. The van der Waals surface area contributed by atoms with E-state index in [0.29, 0.717) is 35.3 Å². The minimum absolute atomic E-state index is 0.528. The van der Waals surface area contributed by atoms with Crippen LogP contribution in [-0.4, -0.2) is 31.3 Å². The number of methoxy groups -OCH3 is 3. The maximum atomic E-state index is 5.39. The zero-order valence-electron chi connectivity index (χ0n) is 14.3. The Labute approximate surface area is 145 Å². The van der Waals surface area contributed by atoms with Crippen LogP contribution < -0.4 is 19.5 Å². The van der Waals surface area contributed by atoms with E-state index in [1.165, 1.54) is 0 Å². The van der Waals surface area contributed by atoms with Gasteiger partial charge in [0.1, 0.15) is 11.6 Å². The zero-order valence-corrected chi connectivity index (χ0v) is 14.3. The predicted octanol–water partition coefficient (Wildman–Crippen LogP) is 3.37. The van der Waals surface area contributed by atoms with Gasteiger partial charge in [0.25, 0.3) is 0 Å². The van der Waals surface area contributed by atoms with Gasteiger partial charge in [-0.15, -0.1) is 0 Å². The van der Waals surface area contributed by atoms with Gasteiger partial charge in [0.2, 0.25) is 5.75 Å². The fraction of sp³-hybridized carbons (Fsp3) is 0.222. The van der Waals surface area contributed by atoms with E-state index in [9.17, 15) is 0 Å². The molecular formula is C18H19N3O4. The molecule has 0 aliphatic rings. The lowest BCUT2D eigenvalue weighted by molar-refractivity contribution is 0.324. The van der Waals surface area contributed by atoms with Crippen LogP contribution in [0.1, 0.15) is 5.76 Å². The smallest absolute Gasteiger partial charge is 0.203 e. The lowest BCUT2D eigenvalue weighted by Crippen LogP contribution is -2.02. The molecule has 0 atom stereocenters. The van der Waals surface area contributed by atoms with Crippen molar-refractivity contribution in [3.63, 3.8) is 0 Å². The Bertz CT molecular complexity index is 809. The molecule has 0 aliphatic carbocycles. The summed E-state index contributed by atoms with van der Waals surface area (Å²) in [5, 5.41) is 3.18. The van der Waals surface area contributed by atoms with Crippen LogP contribution in [0.25, 0.3) is 11.3 Å². The molecule has 1 N–H and O–H groups in total. The molecule has 0 bridgehead atoms. The molecule has 2 heterocycles. The van der Waals surface area contributed by atoms with Crippen LogP contribution in [0.3, 0.4) is 0 Å². The minimum Gasteiger partial charge on any atom is -0.493 e. The maximum absolute atomic E-state index is 5.39. The lowest BCUT2D eigenvalue weighted by atomic mass is 10.1. The number of nitrogens with zero attached hydrogens (tertiary/aromatic N) is 2. The first-order valence-electron chi connectivity index (χ1n) is 7.64. The highest BCUT2D eigenvalue weighted by Crippen LogP contribution is 2.40. The zero-order chi connectivity index (χ0) is 17.6. The average Bonchev–Trinajstić information content (AvgIpc) is 3.19. The largest absolute Gasteiger partial charge is 0.493 e. The van der Waals surface area contributed by atoms with Gasteiger partial charge in [-0.1, -0.05) is 0 Å². The highest BCUT2D eigenvalue weighted by atomic mass is 16.5. The Balaban J connectivity index is 1.89. The normalized spacial score (nSPS) is 10.4. The van der Waals surface area contributed by atoms with Crippen molar-refractivity contribution in [1.82, 2.24) is 9.97 Å². The van der Waals surface area contributed by atoms with Crippen LogP contribution in [0.4, 0.5) is 5.82 Å². The van der Waals surface area contributed by atoms with Crippen LogP contribution in [0, 0.1) is 0 Å². The van der Waals surface area contributed by atoms with Crippen molar-refractivity contribution in [2.75, 3.05) is 26.6 Å². The number of ether oxygens (including phenoxy) is 3. The van der Waals surface area contributed by atoms with Crippen molar-refractivity contribution in [1.29, 1.82) is 0 Å². The van der Waals surface area contributed by atoms with E-state index in [-0.39, 0.29) is 0 Å². The summed E-state index contributed by atoms with van der Waals surface area (Å²) in [6.45, 7) is 0.528. The summed E-state index contributed by atoms with van der Waals surface area (Å²) in [6.07, 6.45) is 4.97. The van der Waals surface area contributed by atoms with Gasteiger partial charge >= 0.3 is 0 Å². The van der Waals surface area contributed by atoms with Gasteiger partial charge in [-0.05, 0) is 24.3 Å². The molecule has 130 valence electrons. The number of rotatable bonds is 7. The van der Waals surface area contributed by atoms with E-state index in [0.717, 1.165) is 11.3 Å². The topological polar surface area (TPSA) is 78.6 Å². The molecule has 0 saturated heterocycles. The SMILES string of the molecule is COc1cc(-c2cncc(NCc3ccco3)n2)cc(OC)c1OC. The van der Waals surface area contributed by atoms with Crippen molar-refractivity contribution in [3.8, 4) is 28.5 Å². The van der Waals surface area contributed by atoms with E-state index in [1.807, 2.05) is 24.3 Å². The molecule has 3 rings (SSSR count). The van der Waals surface area contributed by atoms with E-state index in [1.54, 1.807) is 40.0 Å². The second-order valence-electron chi connectivity index (χ2n) is 5.14. The number of benzene rings is 1. The number of aromatic nitrogens is 2. The average molecular weight is 341 g/mol. The number of nitrogens with one attached hydrogen (secondary N) is 1. The van der Waals surface area contributed by atoms with Gasteiger partial charge in [0, 0.05) is 5.56 Å². The molecule has 0 radical (unpaired) electrons. The molecule has 3 aromatic rings. The molecule has 0 amide bonds. The predicted molar refractivity (Wildman–Crippen MR) is 93.2 cm³/mol. The molecule has 0 aliphatic heterocycles. The standard InChI is InChI=1S/C18H19N3O4/c1-22-15-7-12(8-16(23-2)18(15)24-3)14-10-19-11-17(21-14)20-9-13-5-4-6-25-13/h4-8,10-11H,9H2,1-3H3,(H,20,21). The number of anilines is 1. The van der Waals surface area contributed by atoms with Gasteiger partial charge in [-0.3, -0.25) is 4.98 Å². The van der Waals surface area contributed by atoms with Gasteiger partial charge in [0.15, 0.2) is 11.5 Å². The third-order valence-corrected chi connectivity index (χ3v) is 3.62. The van der Waals surface area contributed by atoms with Gasteiger partial charge in [-0.2, -0.15) is 0 Å². The van der Waals surface area contributed by atoms with Gasteiger partial charge < -0.3 is 23.9 Å². The van der Waals surface area contributed by atoms with E-state index >= 15 is 0 Å². The highest BCUT2D eigenvalue weighted by Gasteiger charge is 2.15. The van der Waals surface area contributed by atoms with Crippen molar-refractivity contribution in [3.05, 3.63) is 48.7 Å². The summed E-state index contributed by atoms with van der Waals surface area (Å²) in [7, 11) is 4.72. The Kier molecular flexibility index (Phi) is 5.03. The summed E-state index contributed by atoms with van der Waals surface area (Å²) >= 11 is 0. The van der Waals surface area contributed by atoms with E-state index in [2.05, 4.69) is 15.3 Å². The monoisotopic (exact) mass is 341 g/mol. The van der Waals surface area contributed by atoms with Crippen molar-refractivity contribution in [2.45, 2.75) is 6.54 Å². The Morgan fingerprint density at radius 2 is 1.80 bits per heavy atom. The van der Waals surface area contributed by atoms with Gasteiger partial charge in [0.05, 0.1) is 52.2 Å². The first kappa shape index (κ1) is 16.6. The summed E-state index contributed by atoms with van der Waals surface area (Å²) in [6, 6.07) is 7.40. The van der Waals surface area contributed by atoms with Crippen LogP contribution in [0.2, 0.25) is 0 Å². The first-order chi connectivity index (χ1) is 12.2. The molecule has 7 nitrogen and oxygen atoms in total. The van der Waals surface area contributed by atoms with Crippen molar-refractivity contribution >= 4 is 5.82 Å². The molecule has 25 heavy (non-hydrogen) atoms. The Hall–Kier alpha value is -3.22. The van der Waals surface area contributed by atoms with Crippen LogP contribution >= 0.6 is 0 Å². The third kappa shape index (κ3) is 3.65. The highest BCUT2D eigenvalue weighted by molar-refractivity contribution is 5.69. The second-order valence-corrected chi connectivity index (χ2v) is 5.14. The number of furan rings is 1. The fourth-order valence-electron chi connectivity index (χ4n) is 2.41. The molecule has 0 spiro atoms. The summed E-state index contributed by atoms with van der Waals surface area (Å²) < 4.78 is 21.4. The molecule has 0 saturated carbocycles. The van der Waals surface area contributed by atoms with Gasteiger partial charge in [-0.25, -0.2) is 4.98 Å². The summed E-state index contributed by atoms with van der Waals surface area (Å²) in [5.74, 6) is 3.12. The third-order valence-electron chi connectivity index (χ3n) is 3.62. The lowest BCUT2D eigenvalue weighted by Gasteiger charge is -2.14. The molecule has 0 unspecified atom stereocenters.